The van der Waals surface area contributed by atoms with Crippen LogP contribution in [-0.4, -0.2) is 29.4 Å². The number of aromatic nitrogens is 1. The lowest BCUT2D eigenvalue weighted by atomic mass is 10.1. The standard InChI is InChI=1S/C16H18ClN3O2.2ClH/c1-3-20(10-11-6-4-5-7-19-11)16(21)12-8-13(17)14(18)9-15(12)22-2;;/h4-9H,3,10,18H2,1-2H3;2*1H. The Morgan fingerprint density at radius 3 is 2.58 bits per heavy atom. The zero-order chi connectivity index (χ0) is 16.1. The maximum absolute atomic E-state index is 12.7. The third kappa shape index (κ3) is 5.16. The molecule has 0 fully saturated rings. The average Bonchev–Trinajstić information content (AvgIpc) is 2.55. The highest BCUT2D eigenvalue weighted by molar-refractivity contribution is 6.33. The molecule has 132 valence electrons. The van der Waals surface area contributed by atoms with Crippen LogP contribution in [0.3, 0.4) is 0 Å². The predicted octanol–water partition coefficient (Wildman–Crippen LogP) is 3.83. The van der Waals surface area contributed by atoms with E-state index in [2.05, 4.69) is 4.98 Å². The average molecular weight is 393 g/mol. The van der Waals surface area contributed by atoms with E-state index in [1.807, 2.05) is 25.1 Å². The fourth-order valence-corrected chi connectivity index (χ4v) is 2.25. The molecule has 0 spiro atoms. The lowest BCUT2D eigenvalue weighted by Crippen LogP contribution is -2.31. The van der Waals surface area contributed by atoms with Gasteiger partial charge in [-0.1, -0.05) is 17.7 Å². The second kappa shape index (κ2) is 10.2. The van der Waals surface area contributed by atoms with Crippen LogP contribution in [0, 0.1) is 0 Å². The molecule has 0 aliphatic heterocycles. The molecule has 0 aliphatic rings. The van der Waals surface area contributed by atoms with Gasteiger partial charge in [0.15, 0.2) is 0 Å². The van der Waals surface area contributed by atoms with Gasteiger partial charge in [0.25, 0.3) is 5.91 Å². The summed E-state index contributed by atoms with van der Waals surface area (Å²) < 4.78 is 5.25. The zero-order valence-corrected chi connectivity index (χ0v) is 15.7. The van der Waals surface area contributed by atoms with Gasteiger partial charge >= 0.3 is 0 Å². The Labute approximate surface area is 159 Å². The van der Waals surface area contributed by atoms with Crippen molar-refractivity contribution in [3.8, 4) is 5.75 Å². The van der Waals surface area contributed by atoms with Crippen LogP contribution in [0.1, 0.15) is 23.0 Å². The van der Waals surface area contributed by atoms with Gasteiger partial charge in [-0.25, -0.2) is 0 Å². The van der Waals surface area contributed by atoms with E-state index in [1.165, 1.54) is 7.11 Å². The van der Waals surface area contributed by atoms with E-state index < -0.39 is 0 Å². The molecule has 0 unspecified atom stereocenters. The second-order valence-electron chi connectivity index (χ2n) is 4.71. The maximum atomic E-state index is 12.7. The number of carbonyl (C=O) groups is 1. The molecule has 2 aromatic rings. The molecule has 0 bridgehead atoms. The normalized spacial score (nSPS) is 9.46. The highest BCUT2D eigenvalue weighted by atomic mass is 35.5. The van der Waals surface area contributed by atoms with Gasteiger partial charge in [0, 0.05) is 18.8 Å². The molecule has 0 aliphatic carbocycles. The summed E-state index contributed by atoms with van der Waals surface area (Å²) in [7, 11) is 1.49. The number of anilines is 1. The summed E-state index contributed by atoms with van der Waals surface area (Å²) in [6.45, 7) is 2.87. The van der Waals surface area contributed by atoms with Gasteiger partial charge < -0.3 is 15.4 Å². The first-order valence-electron chi connectivity index (χ1n) is 6.89. The lowest BCUT2D eigenvalue weighted by molar-refractivity contribution is 0.0747. The summed E-state index contributed by atoms with van der Waals surface area (Å²) >= 11 is 6.03. The first-order valence-corrected chi connectivity index (χ1v) is 7.26. The molecular weight excluding hydrogens is 373 g/mol. The smallest absolute Gasteiger partial charge is 0.258 e. The van der Waals surface area contributed by atoms with Crippen molar-refractivity contribution < 1.29 is 9.53 Å². The number of nitrogens with two attached hydrogens (primary N) is 1. The number of benzene rings is 1. The third-order valence-corrected chi connectivity index (χ3v) is 3.62. The highest BCUT2D eigenvalue weighted by Gasteiger charge is 2.20. The minimum atomic E-state index is -0.174. The molecule has 5 nitrogen and oxygen atoms in total. The van der Waals surface area contributed by atoms with E-state index in [0.717, 1.165) is 5.69 Å². The monoisotopic (exact) mass is 391 g/mol. The summed E-state index contributed by atoms with van der Waals surface area (Å²) in [5.74, 6) is 0.235. The summed E-state index contributed by atoms with van der Waals surface area (Å²) in [6.07, 6.45) is 1.70. The Bertz CT molecular complexity index is 669. The predicted molar refractivity (Wildman–Crippen MR) is 102 cm³/mol. The Balaban J connectivity index is 0.00000264. The molecule has 2 rings (SSSR count). The number of ether oxygens (including phenoxy) is 1. The van der Waals surface area contributed by atoms with Crippen molar-refractivity contribution in [1.29, 1.82) is 0 Å². The molecule has 0 saturated heterocycles. The number of hydrogen-bond donors (Lipinski definition) is 1. The molecule has 0 radical (unpaired) electrons. The Hall–Kier alpha value is -1.69. The zero-order valence-electron chi connectivity index (χ0n) is 13.4. The fraction of sp³-hybridized carbons (Fsp3) is 0.250. The van der Waals surface area contributed by atoms with Gasteiger partial charge in [0.2, 0.25) is 0 Å². The Morgan fingerprint density at radius 2 is 2.04 bits per heavy atom. The summed E-state index contributed by atoms with van der Waals surface area (Å²) in [5, 5.41) is 0.332. The number of hydrogen-bond acceptors (Lipinski definition) is 4. The summed E-state index contributed by atoms with van der Waals surface area (Å²) in [6, 6.07) is 8.71. The number of amides is 1. The number of nitrogen functional groups attached to an aromatic ring is 1. The number of rotatable bonds is 5. The van der Waals surface area contributed by atoms with Crippen molar-refractivity contribution >= 4 is 48.0 Å². The number of halogens is 3. The molecule has 2 N–H and O–H groups in total. The first-order chi connectivity index (χ1) is 10.6. The largest absolute Gasteiger partial charge is 0.496 e. The number of methoxy groups -OCH3 is 1. The van der Waals surface area contributed by atoms with Gasteiger partial charge in [-0.3, -0.25) is 9.78 Å². The van der Waals surface area contributed by atoms with Crippen molar-refractivity contribution in [3.05, 3.63) is 52.8 Å². The van der Waals surface area contributed by atoms with Crippen LogP contribution in [0.25, 0.3) is 0 Å². The molecule has 0 atom stereocenters. The summed E-state index contributed by atoms with van der Waals surface area (Å²) in [5.41, 5.74) is 7.33. The molecule has 0 saturated carbocycles. The topological polar surface area (TPSA) is 68.5 Å². The van der Waals surface area contributed by atoms with E-state index in [0.29, 0.717) is 35.1 Å². The van der Waals surface area contributed by atoms with Crippen LogP contribution >= 0.6 is 36.4 Å². The minimum Gasteiger partial charge on any atom is -0.496 e. The van der Waals surface area contributed by atoms with E-state index in [9.17, 15) is 4.79 Å². The van der Waals surface area contributed by atoms with E-state index in [1.54, 1.807) is 23.2 Å². The van der Waals surface area contributed by atoms with Crippen LogP contribution < -0.4 is 10.5 Å². The molecule has 1 amide bonds. The van der Waals surface area contributed by atoms with Gasteiger partial charge in [0.1, 0.15) is 5.75 Å². The van der Waals surface area contributed by atoms with E-state index in [-0.39, 0.29) is 30.7 Å². The highest BCUT2D eigenvalue weighted by Crippen LogP contribution is 2.30. The molecule has 1 aromatic heterocycles. The number of pyridine rings is 1. The Morgan fingerprint density at radius 1 is 1.33 bits per heavy atom. The van der Waals surface area contributed by atoms with E-state index >= 15 is 0 Å². The van der Waals surface area contributed by atoms with Crippen LogP contribution in [0.15, 0.2) is 36.5 Å². The number of carbonyl (C=O) groups excluding carboxylic acids is 1. The number of nitrogens with zero attached hydrogens (tertiary/aromatic N) is 2. The molecular formula is C16H20Cl3N3O2. The van der Waals surface area contributed by atoms with Crippen LogP contribution in [0.5, 0.6) is 5.75 Å². The van der Waals surface area contributed by atoms with Gasteiger partial charge in [-0.05, 0) is 25.1 Å². The summed E-state index contributed by atoms with van der Waals surface area (Å²) in [4.78, 5) is 18.7. The minimum absolute atomic E-state index is 0. The lowest BCUT2D eigenvalue weighted by Gasteiger charge is -2.22. The van der Waals surface area contributed by atoms with Gasteiger partial charge in [0.05, 0.1) is 35.6 Å². The third-order valence-electron chi connectivity index (χ3n) is 3.30. The first kappa shape index (κ1) is 22.3. The molecule has 24 heavy (non-hydrogen) atoms. The van der Waals surface area contributed by atoms with Gasteiger partial charge in [-0.15, -0.1) is 24.8 Å². The molecule has 8 heteroatoms. The molecule has 1 aromatic carbocycles. The second-order valence-corrected chi connectivity index (χ2v) is 5.12. The van der Waals surface area contributed by atoms with E-state index in [4.69, 9.17) is 22.1 Å². The van der Waals surface area contributed by atoms with Crippen LogP contribution in [0.2, 0.25) is 5.02 Å². The van der Waals surface area contributed by atoms with Crippen molar-refractivity contribution in [2.24, 2.45) is 0 Å². The van der Waals surface area contributed by atoms with Crippen molar-refractivity contribution in [2.75, 3.05) is 19.4 Å². The van der Waals surface area contributed by atoms with Crippen LogP contribution in [0.4, 0.5) is 5.69 Å². The van der Waals surface area contributed by atoms with Crippen molar-refractivity contribution in [1.82, 2.24) is 9.88 Å². The molecule has 1 heterocycles. The Kier molecular flexibility index (Phi) is 9.51. The van der Waals surface area contributed by atoms with Crippen LogP contribution in [-0.2, 0) is 6.54 Å². The van der Waals surface area contributed by atoms with Crippen molar-refractivity contribution in [3.63, 3.8) is 0 Å². The SMILES string of the molecule is CCN(Cc1ccccn1)C(=O)c1cc(Cl)c(N)cc1OC.Cl.Cl. The quantitative estimate of drug-likeness (QED) is 0.785. The van der Waals surface area contributed by atoms with Gasteiger partial charge in [-0.2, -0.15) is 0 Å². The maximum Gasteiger partial charge on any atom is 0.258 e. The van der Waals surface area contributed by atoms with Crippen molar-refractivity contribution in [2.45, 2.75) is 13.5 Å². The fourth-order valence-electron chi connectivity index (χ4n) is 2.09.